The highest BCUT2D eigenvalue weighted by Gasteiger charge is 2.33. The number of carbonyl (C=O) groups is 4. The third-order valence-electron chi connectivity index (χ3n) is 8.26. The zero-order valence-electron chi connectivity index (χ0n) is 24.3. The van der Waals surface area contributed by atoms with Crippen LogP contribution in [0.5, 0.6) is 0 Å². The number of aryl methyl sites for hydroxylation is 1. The number of piperazine rings is 1. The van der Waals surface area contributed by atoms with Crippen molar-refractivity contribution in [3.8, 4) is 6.07 Å². The maximum absolute atomic E-state index is 13.8. The summed E-state index contributed by atoms with van der Waals surface area (Å²) in [4.78, 5) is 58.2. The SMILES string of the molecule is Cc1ccc(C(=O)Nc2c(CC(=O)CN3CCN(c4ccccc4C#N)CC3)ccc3c2C(=O)c2ccccc2C3=O)cc1. The number of hydrogen-bond acceptors (Lipinski definition) is 7. The number of anilines is 2. The predicted molar refractivity (Wildman–Crippen MR) is 167 cm³/mol. The van der Waals surface area contributed by atoms with Crippen molar-refractivity contribution in [2.24, 2.45) is 0 Å². The zero-order valence-corrected chi connectivity index (χ0v) is 24.3. The fraction of sp³-hybridized carbons (Fsp3) is 0.194. The van der Waals surface area contributed by atoms with Crippen LogP contribution in [0, 0.1) is 18.3 Å². The van der Waals surface area contributed by atoms with Crippen LogP contribution in [-0.4, -0.2) is 60.9 Å². The van der Waals surface area contributed by atoms with E-state index < -0.39 is 5.91 Å². The number of rotatable bonds is 7. The molecule has 218 valence electrons. The number of amides is 1. The number of para-hydroxylation sites is 1. The maximum atomic E-state index is 13.8. The van der Waals surface area contributed by atoms with Gasteiger partial charge in [-0.2, -0.15) is 5.26 Å². The minimum absolute atomic E-state index is 0.0165. The van der Waals surface area contributed by atoms with E-state index in [1.807, 2.05) is 37.3 Å². The molecule has 2 aliphatic rings. The Morgan fingerprint density at radius 1 is 0.795 bits per heavy atom. The molecule has 8 heteroatoms. The van der Waals surface area contributed by atoms with Crippen molar-refractivity contribution in [2.45, 2.75) is 13.3 Å². The van der Waals surface area contributed by atoms with Crippen molar-refractivity contribution in [3.05, 3.63) is 129 Å². The molecule has 0 radical (unpaired) electrons. The van der Waals surface area contributed by atoms with Crippen LogP contribution in [0.25, 0.3) is 0 Å². The van der Waals surface area contributed by atoms with Crippen LogP contribution in [-0.2, 0) is 11.2 Å². The summed E-state index contributed by atoms with van der Waals surface area (Å²) >= 11 is 0. The van der Waals surface area contributed by atoms with Gasteiger partial charge in [-0.05, 0) is 42.8 Å². The molecule has 1 aliphatic carbocycles. The Labute approximate surface area is 255 Å². The largest absolute Gasteiger partial charge is 0.368 e. The van der Waals surface area contributed by atoms with Gasteiger partial charge in [-0.15, -0.1) is 0 Å². The molecule has 0 atom stereocenters. The Morgan fingerprint density at radius 3 is 2.16 bits per heavy atom. The average Bonchev–Trinajstić information content (AvgIpc) is 3.05. The molecule has 1 N–H and O–H groups in total. The molecule has 1 heterocycles. The van der Waals surface area contributed by atoms with Crippen molar-refractivity contribution >= 4 is 34.6 Å². The fourth-order valence-electron chi connectivity index (χ4n) is 5.92. The minimum Gasteiger partial charge on any atom is -0.368 e. The summed E-state index contributed by atoms with van der Waals surface area (Å²) in [5, 5.41) is 12.4. The van der Waals surface area contributed by atoms with Gasteiger partial charge in [0.1, 0.15) is 6.07 Å². The Hall–Kier alpha value is -5.39. The quantitative estimate of drug-likeness (QED) is 0.293. The summed E-state index contributed by atoms with van der Waals surface area (Å²) in [5.74, 6) is -1.16. The van der Waals surface area contributed by atoms with Gasteiger partial charge in [0.15, 0.2) is 17.3 Å². The summed E-state index contributed by atoms with van der Waals surface area (Å²) in [7, 11) is 0. The first-order valence-electron chi connectivity index (χ1n) is 14.5. The fourth-order valence-corrected chi connectivity index (χ4v) is 5.92. The number of nitrogens with one attached hydrogen (secondary N) is 1. The van der Waals surface area contributed by atoms with Gasteiger partial charge in [-0.25, -0.2) is 0 Å². The topological polar surface area (TPSA) is 111 Å². The number of benzene rings is 4. The Morgan fingerprint density at radius 2 is 1.45 bits per heavy atom. The van der Waals surface area contributed by atoms with Gasteiger partial charge in [0.25, 0.3) is 5.91 Å². The molecule has 1 fully saturated rings. The standard InChI is InChI=1S/C36H30N4O4/c1-23-10-12-24(13-11-23)36(44)38-33-25(14-15-30-32(33)35(43)29-8-4-3-7-28(29)34(30)42)20-27(41)22-39-16-18-40(19-17-39)31-9-5-2-6-26(31)21-37/h2-15H,16-20,22H2,1H3,(H,38,44). The lowest BCUT2D eigenvalue weighted by molar-refractivity contribution is -0.119. The summed E-state index contributed by atoms with van der Waals surface area (Å²) in [6.45, 7) is 4.78. The third kappa shape index (κ3) is 5.53. The highest BCUT2D eigenvalue weighted by molar-refractivity contribution is 6.31. The summed E-state index contributed by atoms with van der Waals surface area (Å²) in [5.41, 5.74) is 4.51. The van der Waals surface area contributed by atoms with E-state index in [1.54, 1.807) is 54.6 Å². The van der Waals surface area contributed by atoms with Crippen molar-refractivity contribution in [1.82, 2.24) is 4.90 Å². The molecule has 6 rings (SSSR count). The van der Waals surface area contributed by atoms with Gasteiger partial charge >= 0.3 is 0 Å². The van der Waals surface area contributed by atoms with E-state index in [0.717, 1.165) is 11.3 Å². The average molecular weight is 583 g/mol. The number of carbonyl (C=O) groups excluding carboxylic acids is 4. The number of ketones is 3. The van der Waals surface area contributed by atoms with Crippen LogP contribution in [0.4, 0.5) is 11.4 Å². The number of hydrogen-bond donors (Lipinski definition) is 1. The molecule has 0 saturated carbocycles. The number of nitrogens with zero attached hydrogens (tertiary/aromatic N) is 3. The van der Waals surface area contributed by atoms with Gasteiger partial charge in [-0.3, -0.25) is 24.1 Å². The number of Topliss-reactive ketones (excluding diaryl/α,β-unsaturated/α-hetero) is 1. The first kappa shape index (κ1) is 28.7. The highest BCUT2D eigenvalue weighted by Crippen LogP contribution is 2.35. The van der Waals surface area contributed by atoms with Gasteiger partial charge in [0.05, 0.1) is 29.0 Å². The predicted octanol–water partition coefficient (Wildman–Crippen LogP) is 4.83. The highest BCUT2D eigenvalue weighted by atomic mass is 16.2. The Bertz CT molecular complexity index is 1850. The van der Waals surface area contributed by atoms with E-state index in [1.165, 1.54) is 0 Å². The number of nitriles is 1. The van der Waals surface area contributed by atoms with Crippen molar-refractivity contribution in [1.29, 1.82) is 5.26 Å². The van der Waals surface area contributed by atoms with E-state index in [0.29, 0.717) is 48.4 Å². The van der Waals surface area contributed by atoms with Crippen molar-refractivity contribution < 1.29 is 19.2 Å². The van der Waals surface area contributed by atoms with Crippen LogP contribution < -0.4 is 10.2 Å². The zero-order chi connectivity index (χ0) is 30.8. The monoisotopic (exact) mass is 582 g/mol. The molecule has 44 heavy (non-hydrogen) atoms. The molecule has 4 aromatic rings. The molecule has 0 spiro atoms. The van der Waals surface area contributed by atoms with Crippen molar-refractivity contribution in [2.75, 3.05) is 42.9 Å². The second kappa shape index (κ2) is 12.1. The van der Waals surface area contributed by atoms with Crippen LogP contribution in [0.3, 0.4) is 0 Å². The van der Waals surface area contributed by atoms with E-state index in [9.17, 15) is 24.4 Å². The van der Waals surface area contributed by atoms with E-state index in [2.05, 4.69) is 21.2 Å². The van der Waals surface area contributed by atoms with E-state index in [-0.39, 0.29) is 52.7 Å². The lowest BCUT2D eigenvalue weighted by atomic mass is 9.81. The molecular weight excluding hydrogens is 552 g/mol. The van der Waals surface area contributed by atoms with Gasteiger partial charge in [0.2, 0.25) is 0 Å². The first-order valence-corrected chi connectivity index (χ1v) is 14.5. The van der Waals surface area contributed by atoms with Gasteiger partial charge in [0, 0.05) is 54.9 Å². The lowest BCUT2D eigenvalue weighted by Crippen LogP contribution is -2.48. The summed E-state index contributed by atoms with van der Waals surface area (Å²) in [6, 6.07) is 26.7. The molecule has 1 saturated heterocycles. The van der Waals surface area contributed by atoms with Crippen LogP contribution in [0.15, 0.2) is 84.9 Å². The molecular formula is C36H30N4O4. The smallest absolute Gasteiger partial charge is 0.255 e. The van der Waals surface area contributed by atoms with Gasteiger partial charge < -0.3 is 10.2 Å². The number of fused-ring (bicyclic) bond motifs is 2. The normalized spacial score (nSPS) is 14.4. The van der Waals surface area contributed by atoms with Gasteiger partial charge in [-0.1, -0.05) is 60.2 Å². The van der Waals surface area contributed by atoms with Crippen LogP contribution >= 0.6 is 0 Å². The van der Waals surface area contributed by atoms with Crippen molar-refractivity contribution in [3.63, 3.8) is 0 Å². The molecule has 4 aromatic carbocycles. The molecule has 1 amide bonds. The molecule has 8 nitrogen and oxygen atoms in total. The third-order valence-corrected chi connectivity index (χ3v) is 8.26. The minimum atomic E-state index is -0.431. The van der Waals surface area contributed by atoms with Crippen LogP contribution in [0.1, 0.15) is 58.9 Å². The van der Waals surface area contributed by atoms with E-state index in [4.69, 9.17) is 0 Å². The van der Waals surface area contributed by atoms with Crippen LogP contribution in [0.2, 0.25) is 0 Å². The van der Waals surface area contributed by atoms with E-state index >= 15 is 0 Å². The first-order chi connectivity index (χ1) is 21.3. The summed E-state index contributed by atoms with van der Waals surface area (Å²) < 4.78 is 0. The molecule has 1 aliphatic heterocycles. The Balaban J connectivity index is 1.25. The molecule has 0 bridgehead atoms. The Kier molecular flexibility index (Phi) is 7.88. The summed E-state index contributed by atoms with van der Waals surface area (Å²) in [6.07, 6.45) is -0.0165. The second-order valence-corrected chi connectivity index (χ2v) is 11.2. The lowest BCUT2D eigenvalue weighted by Gasteiger charge is -2.36. The molecule has 0 aromatic heterocycles. The second-order valence-electron chi connectivity index (χ2n) is 11.2. The molecule has 0 unspecified atom stereocenters. The maximum Gasteiger partial charge on any atom is 0.255 e.